The molecular formula is C21H25N7O2. The first-order valence-electron chi connectivity index (χ1n) is 10.3. The Morgan fingerprint density at radius 3 is 2.80 bits per heavy atom. The van der Waals surface area contributed by atoms with Gasteiger partial charge in [0, 0.05) is 43.6 Å². The van der Waals surface area contributed by atoms with Gasteiger partial charge in [0.15, 0.2) is 5.65 Å². The number of ether oxygens (including phenoxy) is 1. The number of carbonyl (C=O) groups is 1. The van der Waals surface area contributed by atoms with Gasteiger partial charge < -0.3 is 25.6 Å². The first-order valence-corrected chi connectivity index (χ1v) is 10.3. The summed E-state index contributed by atoms with van der Waals surface area (Å²) in [5.41, 5.74) is 3.07. The Labute approximate surface area is 174 Å². The minimum atomic E-state index is -0.131. The fraction of sp³-hybridized carbons (Fsp3) is 0.381. The highest BCUT2D eigenvalue weighted by Gasteiger charge is 2.26. The second-order valence-corrected chi connectivity index (χ2v) is 7.59. The Hall–Kier alpha value is -3.33. The van der Waals surface area contributed by atoms with Crippen LogP contribution in [0.4, 0.5) is 23.0 Å². The molecule has 2 fully saturated rings. The number of rotatable bonds is 6. The van der Waals surface area contributed by atoms with Crippen LogP contribution < -0.4 is 20.9 Å². The van der Waals surface area contributed by atoms with Crippen LogP contribution in [-0.4, -0.2) is 59.9 Å². The summed E-state index contributed by atoms with van der Waals surface area (Å²) in [5, 5.41) is 13.9. The summed E-state index contributed by atoms with van der Waals surface area (Å²) in [6.07, 6.45) is 3.64. The van der Waals surface area contributed by atoms with Crippen LogP contribution in [-0.2, 0) is 4.74 Å². The van der Waals surface area contributed by atoms with E-state index in [1.54, 1.807) is 10.7 Å². The van der Waals surface area contributed by atoms with Gasteiger partial charge in [-0.05, 0) is 31.0 Å². The number of hydrogen-bond acceptors (Lipinski definition) is 7. The van der Waals surface area contributed by atoms with Crippen LogP contribution in [0.15, 0.2) is 36.5 Å². The molecule has 1 aliphatic carbocycles. The molecular weight excluding hydrogens is 382 g/mol. The van der Waals surface area contributed by atoms with E-state index in [1.165, 1.54) is 0 Å². The Bertz CT molecular complexity index is 1070. The molecule has 3 aromatic rings. The molecule has 9 heteroatoms. The molecule has 0 bridgehead atoms. The Balaban J connectivity index is 1.44. The van der Waals surface area contributed by atoms with Gasteiger partial charge in [0.25, 0.3) is 5.91 Å². The lowest BCUT2D eigenvalue weighted by Gasteiger charge is -2.29. The van der Waals surface area contributed by atoms with E-state index in [-0.39, 0.29) is 11.9 Å². The summed E-state index contributed by atoms with van der Waals surface area (Å²) < 4.78 is 7.10. The SMILES string of the molecule is CNc1cc(Nc2cccc(N3CCOCC3)c2)nc2c(C(=O)NC3CC3)cnn12. The number of carbonyl (C=O) groups excluding carboxylic acids is 1. The summed E-state index contributed by atoms with van der Waals surface area (Å²) in [6.45, 7) is 3.25. The molecule has 1 amide bonds. The normalized spacial score (nSPS) is 16.5. The second-order valence-electron chi connectivity index (χ2n) is 7.59. The van der Waals surface area contributed by atoms with E-state index in [2.05, 4.69) is 43.1 Å². The molecule has 1 saturated carbocycles. The van der Waals surface area contributed by atoms with Gasteiger partial charge in [0.2, 0.25) is 0 Å². The Morgan fingerprint density at radius 1 is 1.20 bits per heavy atom. The molecule has 0 atom stereocenters. The average molecular weight is 407 g/mol. The fourth-order valence-corrected chi connectivity index (χ4v) is 3.61. The smallest absolute Gasteiger partial charge is 0.256 e. The number of anilines is 4. The van der Waals surface area contributed by atoms with Crippen LogP contribution in [0.2, 0.25) is 0 Å². The molecule has 3 N–H and O–H groups in total. The van der Waals surface area contributed by atoms with E-state index >= 15 is 0 Å². The number of morpholine rings is 1. The first kappa shape index (κ1) is 18.7. The molecule has 0 spiro atoms. The highest BCUT2D eigenvalue weighted by Crippen LogP contribution is 2.26. The Kier molecular flexibility index (Phi) is 4.88. The zero-order valence-electron chi connectivity index (χ0n) is 16.9. The predicted molar refractivity (Wildman–Crippen MR) is 116 cm³/mol. The monoisotopic (exact) mass is 407 g/mol. The highest BCUT2D eigenvalue weighted by atomic mass is 16.5. The molecule has 5 rings (SSSR count). The van der Waals surface area contributed by atoms with Gasteiger partial charge in [-0.25, -0.2) is 4.98 Å². The molecule has 1 aromatic carbocycles. The number of aromatic nitrogens is 3. The third-order valence-electron chi connectivity index (χ3n) is 5.38. The predicted octanol–water partition coefficient (Wildman–Crippen LogP) is 2.24. The molecule has 0 unspecified atom stereocenters. The van der Waals surface area contributed by atoms with Gasteiger partial charge in [-0.15, -0.1) is 0 Å². The Morgan fingerprint density at radius 2 is 2.03 bits per heavy atom. The van der Waals surface area contributed by atoms with Crippen molar-refractivity contribution in [1.82, 2.24) is 19.9 Å². The average Bonchev–Trinajstić information content (AvgIpc) is 3.49. The summed E-state index contributed by atoms with van der Waals surface area (Å²) in [4.78, 5) is 19.6. The van der Waals surface area contributed by atoms with E-state index in [1.807, 2.05) is 25.2 Å². The molecule has 2 aliphatic rings. The van der Waals surface area contributed by atoms with E-state index in [9.17, 15) is 4.79 Å². The number of benzene rings is 1. The summed E-state index contributed by atoms with van der Waals surface area (Å²) >= 11 is 0. The van der Waals surface area contributed by atoms with Crippen LogP contribution in [0.25, 0.3) is 5.65 Å². The van der Waals surface area contributed by atoms with Crippen LogP contribution in [0, 0.1) is 0 Å². The van der Waals surface area contributed by atoms with Gasteiger partial charge in [-0.2, -0.15) is 9.61 Å². The van der Waals surface area contributed by atoms with Crippen molar-refractivity contribution in [2.75, 3.05) is 48.9 Å². The molecule has 1 aliphatic heterocycles. The number of nitrogens with one attached hydrogen (secondary N) is 3. The zero-order chi connectivity index (χ0) is 20.5. The molecule has 9 nitrogen and oxygen atoms in total. The quantitative estimate of drug-likeness (QED) is 0.577. The topological polar surface area (TPSA) is 95.8 Å². The van der Waals surface area contributed by atoms with E-state index in [4.69, 9.17) is 4.74 Å². The van der Waals surface area contributed by atoms with E-state index < -0.39 is 0 Å². The molecule has 30 heavy (non-hydrogen) atoms. The van der Waals surface area contributed by atoms with E-state index in [0.29, 0.717) is 17.0 Å². The number of amides is 1. The summed E-state index contributed by atoms with van der Waals surface area (Å²) in [7, 11) is 1.82. The maximum absolute atomic E-state index is 12.6. The van der Waals surface area contributed by atoms with Crippen molar-refractivity contribution in [2.45, 2.75) is 18.9 Å². The lowest BCUT2D eigenvalue weighted by atomic mass is 10.2. The van der Waals surface area contributed by atoms with Crippen molar-refractivity contribution in [2.24, 2.45) is 0 Å². The van der Waals surface area contributed by atoms with Crippen LogP contribution in [0.3, 0.4) is 0 Å². The fourth-order valence-electron chi connectivity index (χ4n) is 3.61. The van der Waals surface area contributed by atoms with Crippen LogP contribution in [0.5, 0.6) is 0 Å². The third-order valence-corrected chi connectivity index (χ3v) is 5.38. The van der Waals surface area contributed by atoms with Crippen molar-refractivity contribution in [3.05, 3.63) is 42.1 Å². The number of fused-ring (bicyclic) bond motifs is 1. The number of hydrogen-bond donors (Lipinski definition) is 3. The molecule has 0 radical (unpaired) electrons. The first-order chi connectivity index (χ1) is 14.7. The number of nitrogens with zero attached hydrogens (tertiary/aromatic N) is 4. The molecule has 1 saturated heterocycles. The third kappa shape index (κ3) is 3.76. The van der Waals surface area contributed by atoms with Crippen LogP contribution in [0.1, 0.15) is 23.2 Å². The maximum atomic E-state index is 12.6. The van der Waals surface area contributed by atoms with Gasteiger partial charge in [-0.3, -0.25) is 4.79 Å². The van der Waals surface area contributed by atoms with Gasteiger partial charge in [0.1, 0.15) is 17.2 Å². The van der Waals surface area contributed by atoms with Gasteiger partial charge in [-0.1, -0.05) is 6.07 Å². The summed E-state index contributed by atoms with van der Waals surface area (Å²) in [5.74, 6) is 1.26. The lowest BCUT2D eigenvalue weighted by Crippen LogP contribution is -2.36. The van der Waals surface area contributed by atoms with Crippen LogP contribution >= 0.6 is 0 Å². The highest BCUT2D eigenvalue weighted by molar-refractivity contribution is 6.00. The lowest BCUT2D eigenvalue weighted by molar-refractivity contribution is 0.0952. The van der Waals surface area contributed by atoms with Crippen molar-refractivity contribution >= 4 is 34.6 Å². The van der Waals surface area contributed by atoms with E-state index in [0.717, 1.165) is 56.3 Å². The van der Waals surface area contributed by atoms with Crippen molar-refractivity contribution < 1.29 is 9.53 Å². The zero-order valence-corrected chi connectivity index (χ0v) is 16.9. The minimum absolute atomic E-state index is 0.131. The molecule has 2 aromatic heterocycles. The minimum Gasteiger partial charge on any atom is -0.378 e. The second kappa shape index (κ2) is 7.83. The van der Waals surface area contributed by atoms with Gasteiger partial charge >= 0.3 is 0 Å². The summed E-state index contributed by atoms with van der Waals surface area (Å²) in [6, 6.07) is 10.4. The largest absolute Gasteiger partial charge is 0.378 e. The van der Waals surface area contributed by atoms with Crippen molar-refractivity contribution in [3.63, 3.8) is 0 Å². The van der Waals surface area contributed by atoms with Gasteiger partial charge in [0.05, 0.1) is 19.4 Å². The molecule has 156 valence electrons. The molecule has 3 heterocycles. The maximum Gasteiger partial charge on any atom is 0.256 e. The standard InChI is InChI=1S/C21H25N7O2/c1-22-19-12-18(24-15-3-2-4-16(11-15)27-7-9-30-10-8-27)26-20-17(13-23-28(19)20)21(29)25-14-5-6-14/h2-4,11-14,22H,5-10H2,1H3,(H,24,26)(H,25,29). The van der Waals surface area contributed by atoms with Crippen molar-refractivity contribution in [1.29, 1.82) is 0 Å². The van der Waals surface area contributed by atoms with Crippen molar-refractivity contribution in [3.8, 4) is 0 Å².